The van der Waals surface area contributed by atoms with E-state index in [1.807, 2.05) is 0 Å². The van der Waals surface area contributed by atoms with E-state index in [1.165, 1.54) is 32.9 Å². The molecule has 0 amide bonds. The van der Waals surface area contributed by atoms with E-state index in [0.29, 0.717) is 0 Å². The normalized spacial score (nSPS) is 14.8. The van der Waals surface area contributed by atoms with Crippen molar-refractivity contribution >= 4 is 0 Å². The second-order valence-corrected chi connectivity index (χ2v) is 5.32. The van der Waals surface area contributed by atoms with Crippen LogP contribution in [0.4, 0.5) is 13.2 Å². The van der Waals surface area contributed by atoms with Crippen molar-refractivity contribution in [3.05, 3.63) is 35.1 Å². The molecule has 1 aromatic carbocycles. The molecular weight excluding hydrogens is 227 g/mol. The lowest BCUT2D eigenvalue weighted by Crippen LogP contribution is -2.32. The molecule has 0 heterocycles. The molecule has 0 saturated heterocycles. The third-order valence-corrected chi connectivity index (χ3v) is 2.80. The van der Waals surface area contributed by atoms with E-state index in [9.17, 15) is 13.2 Å². The maximum absolute atomic E-state index is 14.1. The molecule has 2 N–H and O–H groups in total. The van der Waals surface area contributed by atoms with Gasteiger partial charge in [0.15, 0.2) is 0 Å². The summed E-state index contributed by atoms with van der Waals surface area (Å²) < 4.78 is 42.2. The zero-order chi connectivity index (χ0) is 13.4. The summed E-state index contributed by atoms with van der Waals surface area (Å²) in [5.41, 5.74) is 3.74. The lowest BCUT2D eigenvalue weighted by Gasteiger charge is -2.31. The smallest absolute Gasteiger partial charge is 0.280 e. The summed E-state index contributed by atoms with van der Waals surface area (Å²) in [5.74, 6) is -4.13. The molecule has 0 unspecified atom stereocenters. The van der Waals surface area contributed by atoms with Gasteiger partial charge in [-0.3, -0.25) is 0 Å². The molecule has 0 spiro atoms. The molecule has 0 aliphatic carbocycles. The van der Waals surface area contributed by atoms with Crippen molar-refractivity contribution in [1.29, 1.82) is 0 Å². The second-order valence-electron chi connectivity index (χ2n) is 5.32. The Kier molecular flexibility index (Phi) is 3.58. The van der Waals surface area contributed by atoms with Crippen molar-refractivity contribution in [2.75, 3.05) is 0 Å². The average Bonchev–Trinajstić information content (AvgIpc) is 2.15. The Bertz CT molecular complexity index is 406. The van der Waals surface area contributed by atoms with E-state index in [4.69, 9.17) is 5.73 Å². The summed E-state index contributed by atoms with van der Waals surface area (Å²) >= 11 is 0. The van der Waals surface area contributed by atoms with Crippen LogP contribution >= 0.6 is 0 Å². The van der Waals surface area contributed by atoms with Gasteiger partial charge in [0, 0.05) is 17.0 Å². The summed E-state index contributed by atoms with van der Waals surface area (Å²) in [5, 5.41) is 0. The lowest BCUT2D eigenvalue weighted by atomic mass is 9.82. The number of halogens is 3. The van der Waals surface area contributed by atoms with Crippen LogP contribution in [0.3, 0.4) is 0 Å². The standard InChI is InChI=1S/C13H18F3N/c1-8(17)9-6-5-7-10(11(9)14)13(15,16)12(2,3)4/h5-8H,17H2,1-4H3/t8-/m1/s1. The SMILES string of the molecule is C[C@@H](N)c1cccc(C(F)(F)C(C)(C)C)c1F. The summed E-state index contributed by atoms with van der Waals surface area (Å²) in [4.78, 5) is 0. The zero-order valence-corrected chi connectivity index (χ0v) is 10.5. The first-order chi connectivity index (χ1) is 7.59. The molecule has 17 heavy (non-hydrogen) atoms. The summed E-state index contributed by atoms with van der Waals surface area (Å²) in [6.07, 6.45) is 0. The van der Waals surface area contributed by atoms with Gasteiger partial charge in [-0.15, -0.1) is 0 Å². The molecule has 0 bridgehead atoms. The molecule has 4 heteroatoms. The van der Waals surface area contributed by atoms with Crippen molar-refractivity contribution in [1.82, 2.24) is 0 Å². The van der Waals surface area contributed by atoms with E-state index < -0.39 is 28.8 Å². The first-order valence-corrected chi connectivity index (χ1v) is 5.51. The van der Waals surface area contributed by atoms with Gasteiger partial charge in [-0.1, -0.05) is 39.0 Å². The van der Waals surface area contributed by atoms with Gasteiger partial charge in [-0.05, 0) is 6.92 Å². The number of nitrogens with two attached hydrogens (primary N) is 1. The van der Waals surface area contributed by atoms with Gasteiger partial charge in [0.25, 0.3) is 5.92 Å². The van der Waals surface area contributed by atoms with Crippen LogP contribution in [0.5, 0.6) is 0 Å². The minimum absolute atomic E-state index is 0.117. The number of alkyl halides is 2. The van der Waals surface area contributed by atoms with Crippen LogP contribution in [-0.4, -0.2) is 0 Å². The Hall–Kier alpha value is -1.03. The molecule has 0 aromatic heterocycles. The van der Waals surface area contributed by atoms with Crippen LogP contribution in [0, 0.1) is 11.2 Å². The first-order valence-electron chi connectivity index (χ1n) is 5.51. The third kappa shape index (κ3) is 2.46. The average molecular weight is 245 g/mol. The van der Waals surface area contributed by atoms with E-state index in [-0.39, 0.29) is 5.56 Å². The number of rotatable bonds is 2. The van der Waals surface area contributed by atoms with Gasteiger partial charge in [-0.25, -0.2) is 13.2 Å². The molecule has 1 aromatic rings. The Morgan fingerprint density at radius 2 is 1.71 bits per heavy atom. The highest BCUT2D eigenvalue weighted by Gasteiger charge is 2.46. The van der Waals surface area contributed by atoms with Crippen molar-refractivity contribution in [2.45, 2.75) is 39.7 Å². The number of hydrogen-bond acceptors (Lipinski definition) is 1. The van der Waals surface area contributed by atoms with Gasteiger partial charge >= 0.3 is 0 Å². The van der Waals surface area contributed by atoms with Crippen molar-refractivity contribution in [2.24, 2.45) is 11.1 Å². The van der Waals surface area contributed by atoms with Crippen LogP contribution in [-0.2, 0) is 5.92 Å². The minimum atomic E-state index is -3.23. The van der Waals surface area contributed by atoms with Crippen LogP contribution in [0.1, 0.15) is 44.9 Å². The Labute approximate surface area is 99.8 Å². The van der Waals surface area contributed by atoms with Crippen LogP contribution < -0.4 is 5.73 Å². The molecule has 1 rings (SSSR count). The van der Waals surface area contributed by atoms with Gasteiger partial charge < -0.3 is 5.73 Å². The van der Waals surface area contributed by atoms with E-state index >= 15 is 0 Å². The highest BCUT2D eigenvalue weighted by atomic mass is 19.3. The number of hydrogen-bond donors (Lipinski definition) is 1. The van der Waals surface area contributed by atoms with Crippen molar-refractivity contribution in [3.63, 3.8) is 0 Å². The Balaban J connectivity index is 3.38. The molecule has 0 aliphatic heterocycles. The molecule has 1 atom stereocenters. The zero-order valence-electron chi connectivity index (χ0n) is 10.5. The third-order valence-electron chi connectivity index (χ3n) is 2.80. The fraction of sp³-hybridized carbons (Fsp3) is 0.538. The summed E-state index contributed by atoms with van der Waals surface area (Å²) in [6, 6.07) is 3.36. The predicted octanol–water partition coefficient (Wildman–Crippen LogP) is 3.98. The summed E-state index contributed by atoms with van der Waals surface area (Å²) in [7, 11) is 0. The molecule has 96 valence electrons. The predicted molar refractivity (Wildman–Crippen MR) is 62.4 cm³/mol. The van der Waals surface area contributed by atoms with Crippen molar-refractivity contribution in [3.8, 4) is 0 Å². The molecule has 0 radical (unpaired) electrons. The van der Waals surface area contributed by atoms with Crippen molar-refractivity contribution < 1.29 is 13.2 Å². The summed E-state index contributed by atoms with van der Waals surface area (Å²) in [6.45, 7) is 5.71. The monoisotopic (exact) mass is 245 g/mol. The van der Waals surface area contributed by atoms with E-state index in [0.717, 1.165) is 6.07 Å². The van der Waals surface area contributed by atoms with Gasteiger partial charge in [0.2, 0.25) is 0 Å². The lowest BCUT2D eigenvalue weighted by molar-refractivity contribution is -0.107. The maximum Gasteiger partial charge on any atom is 0.280 e. The van der Waals surface area contributed by atoms with Gasteiger partial charge in [0.1, 0.15) is 5.82 Å². The topological polar surface area (TPSA) is 26.0 Å². The number of benzene rings is 1. The molecule has 0 saturated carbocycles. The second kappa shape index (κ2) is 4.33. The van der Waals surface area contributed by atoms with E-state index in [2.05, 4.69) is 0 Å². The minimum Gasteiger partial charge on any atom is -0.324 e. The fourth-order valence-electron chi connectivity index (χ4n) is 1.55. The Morgan fingerprint density at radius 3 is 2.12 bits per heavy atom. The fourth-order valence-corrected chi connectivity index (χ4v) is 1.55. The highest BCUT2D eigenvalue weighted by molar-refractivity contribution is 5.32. The quantitative estimate of drug-likeness (QED) is 0.837. The molecule has 0 fully saturated rings. The maximum atomic E-state index is 14.1. The van der Waals surface area contributed by atoms with Crippen LogP contribution in [0.2, 0.25) is 0 Å². The van der Waals surface area contributed by atoms with Gasteiger partial charge in [-0.2, -0.15) is 0 Å². The Morgan fingerprint density at radius 1 is 1.18 bits per heavy atom. The van der Waals surface area contributed by atoms with Crippen LogP contribution in [0.25, 0.3) is 0 Å². The molecule has 0 aliphatic rings. The highest BCUT2D eigenvalue weighted by Crippen LogP contribution is 2.45. The van der Waals surface area contributed by atoms with Gasteiger partial charge in [0.05, 0.1) is 5.56 Å². The largest absolute Gasteiger partial charge is 0.324 e. The van der Waals surface area contributed by atoms with E-state index in [1.54, 1.807) is 6.92 Å². The first kappa shape index (κ1) is 14.0. The molecular formula is C13H18F3N. The van der Waals surface area contributed by atoms with Crippen LogP contribution in [0.15, 0.2) is 18.2 Å². The molecule has 1 nitrogen and oxygen atoms in total.